The fourth-order valence-electron chi connectivity index (χ4n) is 3.94. The number of fused-ring (bicyclic) bond motifs is 1. The van der Waals surface area contributed by atoms with Crippen molar-refractivity contribution in [3.8, 4) is 5.75 Å². The van der Waals surface area contributed by atoms with Crippen LogP contribution in [0.1, 0.15) is 22.3 Å². The lowest BCUT2D eigenvalue weighted by molar-refractivity contribution is -0.109. The van der Waals surface area contributed by atoms with E-state index in [4.69, 9.17) is 16.3 Å². The summed E-state index contributed by atoms with van der Waals surface area (Å²) in [6.45, 7) is 0.213. The van der Waals surface area contributed by atoms with Crippen LogP contribution >= 0.6 is 11.6 Å². The minimum Gasteiger partial charge on any atom is -0.490 e. The molecule has 2 aromatic rings. The molecular weight excluding hydrogens is 418 g/mol. The summed E-state index contributed by atoms with van der Waals surface area (Å²) < 4.78 is 34.2. The van der Waals surface area contributed by atoms with Crippen molar-refractivity contribution in [3.63, 3.8) is 0 Å². The highest BCUT2D eigenvalue weighted by Crippen LogP contribution is 2.33. The molecule has 0 saturated carbocycles. The number of nitrogens with one attached hydrogen (secondary N) is 1. The van der Waals surface area contributed by atoms with Gasteiger partial charge in [-0.05, 0) is 37.1 Å². The number of benzene rings is 2. The van der Waals surface area contributed by atoms with Gasteiger partial charge < -0.3 is 25.2 Å². The van der Waals surface area contributed by atoms with Gasteiger partial charge in [-0.15, -0.1) is 0 Å². The van der Waals surface area contributed by atoms with Gasteiger partial charge in [-0.2, -0.15) is 0 Å². The molecule has 2 heterocycles. The highest BCUT2D eigenvalue weighted by Gasteiger charge is 2.42. The van der Waals surface area contributed by atoms with Crippen LogP contribution in [0.2, 0.25) is 5.02 Å². The fourth-order valence-corrected chi connectivity index (χ4v) is 4.14. The molecule has 2 aromatic carbocycles. The van der Waals surface area contributed by atoms with Gasteiger partial charge in [-0.25, -0.2) is 8.78 Å². The first kappa shape index (κ1) is 20.8. The van der Waals surface area contributed by atoms with E-state index in [-0.39, 0.29) is 42.7 Å². The van der Waals surface area contributed by atoms with Gasteiger partial charge in [-0.3, -0.25) is 4.79 Å². The van der Waals surface area contributed by atoms with E-state index in [0.717, 1.165) is 17.7 Å². The van der Waals surface area contributed by atoms with E-state index in [2.05, 4.69) is 5.32 Å². The van der Waals surface area contributed by atoms with Crippen LogP contribution in [0, 0.1) is 11.6 Å². The van der Waals surface area contributed by atoms with Crippen LogP contribution < -0.4 is 15.0 Å². The highest BCUT2D eigenvalue weighted by molar-refractivity contribution is 6.30. The molecule has 0 bridgehead atoms. The summed E-state index contributed by atoms with van der Waals surface area (Å²) in [6, 6.07) is 7.11. The van der Waals surface area contributed by atoms with E-state index >= 15 is 0 Å². The first-order valence-electron chi connectivity index (χ1n) is 9.61. The smallest absolute Gasteiger partial charge is 0.251 e. The number of nitrogens with zero attached hydrogens (tertiary/aromatic N) is 1. The van der Waals surface area contributed by atoms with E-state index in [1.54, 1.807) is 18.2 Å². The molecule has 2 atom stereocenters. The van der Waals surface area contributed by atoms with Crippen molar-refractivity contribution in [1.29, 1.82) is 0 Å². The zero-order valence-corrected chi connectivity index (χ0v) is 16.8. The zero-order chi connectivity index (χ0) is 21.5. The van der Waals surface area contributed by atoms with Gasteiger partial charge in [0.2, 0.25) is 0 Å². The van der Waals surface area contributed by atoms with Crippen molar-refractivity contribution in [2.75, 3.05) is 31.1 Å². The Bertz CT molecular complexity index is 966. The molecule has 1 fully saturated rings. The first-order chi connectivity index (χ1) is 14.3. The SMILES string of the molecule is O=C1NCCc2c(OC[C@]3(O)CCN(c4c(F)cc(Cl)cc4F)C[C@H]3O)cccc21. The Labute approximate surface area is 177 Å². The second kappa shape index (κ2) is 8.02. The molecule has 0 aliphatic carbocycles. The number of carbonyl (C=O) groups excluding carboxylic acids is 1. The van der Waals surface area contributed by atoms with Gasteiger partial charge in [0.1, 0.15) is 29.7 Å². The van der Waals surface area contributed by atoms with E-state index in [9.17, 15) is 23.8 Å². The minimum absolute atomic E-state index is 0.0329. The van der Waals surface area contributed by atoms with Crippen LogP contribution in [-0.4, -0.2) is 54.1 Å². The number of hydrogen-bond acceptors (Lipinski definition) is 5. The Morgan fingerprint density at radius 2 is 2.03 bits per heavy atom. The number of aliphatic hydroxyl groups is 2. The van der Waals surface area contributed by atoms with Crippen molar-refractivity contribution in [1.82, 2.24) is 5.32 Å². The average Bonchev–Trinajstić information content (AvgIpc) is 2.69. The summed E-state index contributed by atoms with van der Waals surface area (Å²) >= 11 is 5.66. The number of piperidine rings is 1. The van der Waals surface area contributed by atoms with E-state index in [1.807, 2.05) is 0 Å². The number of ether oxygens (including phenoxy) is 1. The Kier molecular flexibility index (Phi) is 5.57. The van der Waals surface area contributed by atoms with Crippen LogP contribution in [-0.2, 0) is 6.42 Å². The predicted octanol–water partition coefficient (Wildman–Crippen LogP) is 2.29. The van der Waals surface area contributed by atoms with Gasteiger partial charge in [0.15, 0.2) is 11.6 Å². The molecule has 1 saturated heterocycles. The molecule has 3 N–H and O–H groups in total. The summed E-state index contributed by atoms with van der Waals surface area (Å²) in [5, 5.41) is 24.2. The molecule has 9 heteroatoms. The number of halogens is 3. The molecular formula is C21H21ClF2N2O4. The van der Waals surface area contributed by atoms with Crippen molar-refractivity contribution in [2.24, 2.45) is 0 Å². The fraction of sp³-hybridized carbons (Fsp3) is 0.381. The molecule has 6 nitrogen and oxygen atoms in total. The van der Waals surface area contributed by atoms with Crippen LogP contribution in [0.4, 0.5) is 14.5 Å². The first-order valence-corrected chi connectivity index (χ1v) is 9.99. The number of rotatable bonds is 4. The third-order valence-corrected chi connectivity index (χ3v) is 5.86. The number of carbonyl (C=O) groups is 1. The number of amides is 1. The van der Waals surface area contributed by atoms with E-state index < -0.39 is 23.3 Å². The number of hydrogen-bond donors (Lipinski definition) is 3. The maximum Gasteiger partial charge on any atom is 0.251 e. The summed E-state index contributed by atoms with van der Waals surface area (Å²) in [5.74, 6) is -1.37. The standard InChI is InChI=1S/C21H21ClF2N2O4/c22-12-8-15(23)19(16(24)9-12)26-7-5-21(29,18(27)10-26)11-30-17-3-1-2-14-13(17)4-6-25-20(14)28/h1-3,8-9,18,27,29H,4-7,10-11H2,(H,25,28)/t18-,21-/m1/s1. The van der Waals surface area contributed by atoms with E-state index in [1.165, 1.54) is 4.90 Å². The average molecular weight is 439 g/mol. The van der Waals surface area contributed by atoms with Crippen LogP contribution in [0.5, 0.6) is 5.75 Å². The van der Waals surface area contributed by atoms with Gasteiger partial charge in [0.05, 0.1) is 0 Å². The van der Waals surface area contributed by atoms with Crippen LogP contribution in [0.15, 0.2) is 30.3 Å². The lowest BCUT2D eigenvalue weighted by Crippen LogP contribution is -2.58. The van der Waals surface area contributed by atoms with Gasteiger partial charge in [-0.1, -0.05) is 17.7 Å². The molecule has 2 aliphatic rings. The normalized spacial score (nSPS) is 23.7. The van der Waals surface area contributed by atoms with Gasteiger partial charge >= 0.3 is 0 Å². The number of aliphatic hydroxyl groups excluding tert-OH is 1. The summed E-state index contributed by atoms with van der Waals surface area (Å²) in [6.07, 6.45) is -0.671. The lowest BCUT2D eigenvalue weighted by Gasteiger charge is -2.42. The number of anilines is 1. The van der Waals surface area contributed by atoms with Crippen molar-refractivity contribution >= 4 is 23.2 Å². The van der Waals surface area contributed by atoms with Gasteiger partial charge in [0, 0.05) is 35.8 Å². The van der Waals surface area contributed by atoms with Crippen molar-refractivity contribution in [3.05, 3.63) is 58.1 Å². The highest BCUT2D eigenvalue weighted by atomic mass is 35.5. The zero-order valence-electron chi connectivity index (χ0n) is 16.0. The van der Waals surface area contributed by atoms with Crippen molar-refractivity contribution < 1.29 is 28.5 Å². The molecule has 4 rings (SSSR count). The molecule has 0 unspecified atom stereocenters. The maximum atomic E-state index is 14.2. The Morgan fingerprint density at radius 1 is 1.30 bits per heavy atom. The quantitative estimate of drug-likeness (QED) is 0.682. The summed E-state index contributed by atoms with van der Waals surface area (Å²) in [5.41, 5.74) is -0.614. The molecule has 30 heavy (non-hydrogen) atoms. The van der Waals surface area contributed by atoms with Crippen LogP contribution in [0.25, 0.3) is 0 Å². The molecule has 0 radical (unpaired) electrons. The van der Waals surface area contributed by atoms with Gasteiger partial charge in [0.25, 0.3) is 5.91 Å². The molecule has 1 amide bonds. The molecule has 0 aromatic heterocycles. The van der Waals surface area contributed by atoms with Crippen molar-refractivity contribution in [2.45, 2.75) is 24.5 Å². The topological polar surface area (TPSA) is 82.0 Å². The second-order valence-electron chi connectivity index (χ2n) is 7.61. The Balaban J connectivity index is 1.47. The predicted molar refractivity (Wildman–Crippen MR) is 107 cm³/mol. The maximum absolute atomic E-state index is 14.2. The third kappa shape index (κ3) is 3.82. The largest absolute Gasteiger partial charge is 0.490 e. The number of β-amino-alcohol motifs (C(OH)–C–C–N with tert-alkyl or cyclic N) is 1. The lowest BCUT2D eigenvalue weighted by atomic mass is 9.89. The Hall–Kier alpha value is -2.42. The third-order valence-electron chi connectivity index (χ3n) is 5.64. The molecule has 160 valence electrons. The van der Waals surface area contributed by atoms with E-state index in [0.29, 0.717) is 24.3 Å². The molecule has 2 aliphatic heterocycles. The van der Waals surface area contributed by atoms with Crippen LogP contribution in [0.3, 0.4) is 0 Å². The monoisotopic (exact) mass is 438 g/mol. The second-order valence-corrected chi connectivity index (χ2v) is 8.05. The molecule has 0 spiro atoms. The summed E-state index contributed by atoms with van der Waals surface area (Å²) in [7, 11) is 0. The minimum atomic E-state index is -1.60. The summed E-state index contributed by atoms with van der Waals surface area (Å²) in [4.78, 5) is 13.3. The Morgan fingerprint density at radius 3 is 2.73 bits per heavy atom.